The van der Waals surface area contributed by atoms with Gasteiger partial charge in [-0.05, 0) is 24.3 Å². The Morgan fingerprint density at radius 3 is 1.65 bits per heavy atom. The predicted molar refractivity (Wildman–Crippen MR) is 111 cm³/mol. The van der Waals surface area contributed by atoms with Crippen molar-refractivity contribution in [2.45, 2.75) is 30.5 Å². The molecule has 4 aliphatic rings. The Hall–Kier alpha value is -3.80. The van der Waals surface area contributed by atoms with Gasteiger partial charge in [0.25, 0.3) is 0 Å². The summed E-state index contributed by atoms with van der Waals surface area (Å²) in [4.78, 5) is 47.6. The maximum absolute atomic E-state index is 11.9. The summed E-state index contributed by atoms with van der Waals surface area (Å²) in [7, 11) is 0. The molecule has 178 valence electrons. The molecule has 2 heterocycles. The first-order valence-electron chi connectivity index (χ1n) is 10.2. The quantitative estimate of drug-likeness (QED) is 0.455. The van der Waals surface area contributed by atoms with Gasteiger partial charge in [0.2, 0.25) is 0 Å². The first-order valence-corrected chi connectivity index (χ1v) is 10.2. The van der Waals surface area contributed by atoms with Gasteiger partial charge in [-0.1, -0.05) is 24.3 Å². The average molecular weight is 472 g/mol. The second kappa shape index (κ2) is 8.86. The third-order valence-corrected chi connectivity index (χ3v) is 5.42. The Kier molecular flexibility index (Phi) is 6.09. The number of carbonyl (C=O) groups is 4. The molecule has 0 aromatic rings. The number of fused-ring (bicyclic) bond motifs is 2. The third-order valence-electron chi connectivity index (χ3n) is 5.42. The lowest BCUT2D eigenvalue weighted by Gasteiger charge is -2.36. The molecule has 0 saturated carbocycles. The number of hydrogen-bond donors (Lipinski definition) is 3. The Bertz CT molecular complexity index is 1050. The maximum atomic E-state index is 11.9. The van der Waals surface area contributed by atoms with Gasteiger partial charge >= 0.3 is 23.5 Å². The van der Waals surface area contributed by atoms with Crippen molar-refractivity contribution >= 4 is 23.5 Å². The predicted octanol–water partition coefficient (Wildman–Crippen LogP) is 0.681. The zero-order chi connectivity index (χ0) is 24.5. The van der Waals surface area contributed by atoms with Gasteiger partial charge in [-0.2, -0.15) is 0 Å². The summed E-state index contributed by atoms with van der Waals surface area (Å²) in [6.07, 6.45) is 9.00. The molecule has 11 heteroatoms. The van der Waals surface area contributed by atoms with Gasteiger partial charge < -0.3 is 34.3 Å². The van der Waals surface area contributed by atoms with E-state index in [4.69, 9.17) is 18.9 Å². The van der Waals surface area contributed by atoms with Crippen molar-refractivity contribution < 1.29 is 53.4 Å². The van der Waals surface area contributed by atoms with Crippen LogP contribution in [0.2, 0.25) is 0 Å². The number of aliphatic hydroxyl groups is 1. The van der Waals surface area contributed by atoms with Gasteiger partial charge in [-0.3, -0.25) is 9.59 Å². The summed E-state index contributed by atoms with van der Waals surface area (Å²) in [5.74, 6) is -7.95. The van der Waals surface area contributed by atoms with Crippen LogP contribution in [0.5, 0.6) is 0 Å². The minimum absolute atomic E-state index is 0.0271. The van der Waals surface area contributed by atoms with E-state index in [1.807, 2.05) is 0 Å². The smallest absolute Gasteiger partial charge is 0.377 e. The first kappa shape index (κ1) is 23.4. The SMILES string of the molecule is O=C1C=CC=C2OC(OCC(O)COC3(C(=O)O)CC=C4C(=O)C=CC=C4O3)(C(=O)O)CC=C12. The fourth-order valence-electron chi connectivity index (χ4n) is 3.61. The van der Waals surface area contributed by atoms with Crippen LogP contribution in [0.15, 0.2) is 71.3 Å². The summed E-state index contributed by atoms with van der Waals surface area (Å²) < 4.78 is 21.7. The zero-order valence-electron chi connectivity index (χ0n) is 17.6. The molecule has 0 spiro atoms. The number of ether oxygens (including phenoxy) is 4. The fraction of sp³-hybridized carbons (Fsp3) is 0.304. The summed E-state index contributed by atoms with van der Waals surface area (Å²) >= 11 is 0. The molecule has 34 heavy (non-hydrogen) atoms. The van der Waals surface area contributed by atoms with E-state index in [-0.39, 0.29) is 47.1 Å². The number of aliphatic carboxylic acids is 2. The fourth-order valence-corrected chi connectivity index (χ4v) is 3.61. The molecule has 2 aliphatic carbocycles. The van der Waals surface area contributed by atoms with Gasteiger partial charge in [0.05, 0.1) is 24.4 Å². The van der Waals surface area contributed by atoms with Crippen LogP contribution >= 0.6 is 0 Å². The molecule has 11 nitrogen and oxygen atoms in total. The summed E-state index contributed by atoms with van der Waals surface area (Å²) in [5.41, 5.74) is 0.421. The molecular weight excluding hydrogens is 452 g/mol. The van der Waals surface area contributed by atoms with Gasteiger partial charge in [-0.15, -0.1) is 0 Å². The lowest BCUT2D eigenvalue weighted by molar-refractivity contribution is -0.253. The molecule has 0 radical (unpaired) electrons. The Balaban J connectivity index is 1.41. The lowest BCUT2D eigenvalue weighted by Crippen LogP contribution is -2.49. The van der Waals surface area contributed by atoms with Crippen molar-refractivity contribution in [3.63, 3.8) is 0 Å². The van der Waals surface area contributed by atoms with Crippen molar-refractivity contribution in [3.8, 4) is 0 Å². The van der Waals surface area contributed by atoms with Gasteiger partial charge in [0, 0.05) is 12.8 Å². The zero-order valence-corrected chi connectivity index (χ0v) is 17.6. The van der Waals surface area contributed by atoms with Crippen LogP contribution in [0, 0.1) is 0 Å². The van der Waals surface area contributed by atoms with E-state index in [2.05, 4.69) is 0 Å². The van der Waals surface area contributed by atoms with Crippen molar-refractivity contribution in [1.29, 1.82) is 0 Å². The number of carboxylic acid groups (broad SMARTS) is 2. The molecule has 2 atom stereocenters. The van der Waals surface area contributed by atoms with Crippen molar-refractivity contribution in [1.82, 2.24) is 0 Å². The highest BCUT2D eigenvalue weighted by Gasteiger charge is 2.48. The second-order valence-corrected chi connectivity index (χ2v) is 7.75. The molecule has 0 saturated heterocycles. The summed E-state index contributed by atoms with van der Waals surface area (Å²) in [6.45, 7) is -1.18. The van der Waals surface area contributed by atoms with Gasteiger partial charge in [0.15, 0.2) is 11.6 Å². The standard InChI is InChI=1S/C23H20O11/c24-13(11-31-22(20(27)28)9-7-14-16(25)3-1-5-18(14)33-22)12-32-23(21(29)30)10-8-15-17(26)4-2-6-19(15)34-23/h1-8,13,24H,9-12H2,(H,27,28)(H,29,30). The van der Waals surface area contributed by atoms with E-state index >= 15 is 0 Å². The van der Waals surface area contributed by atoms with Crippen LogP contribution in [-0.2, 0) is 38.1 Å². The van der Waals surface area contributed by atoms with E-state index in [9.17, 15) is 34.5 Å². The number of allylic oxidation sites excluding steroid dienone is 8. The topological polar surface area (TPSA) is 166 Å². The van der Waals surface area contributed by atoms with E-state index in [1.54, 1.807) is 0 Å². The van der Waals surface area contributed by atoms with Crippen LogP contribution in [0.25, 0.3) is 0 Å². The van der Waals surface area contributed by atoms with Crippen molar-refractivity contribution in [2.75, 3.05) is 13.2 Å². The molecule has 0 fully saturated rings. The number of ketones is 2. The van der Waals surface area contributed by atoms with E-state index in [1.165, 1.54) is 48.6 Å². The van der Waals surface area contributed by atoms with E-state index < -0.39 is 42.8 Å². The van der Waals surface area contributed by atoms with Gasteiger partial charge in [-0.25, -0.2) is 9.59 Å². The minimum Gasteiger partial charge on any atom is -0.476 e. The number of hydrogen-bond acceptors (Lipinski definition) is 9. The van der Waals surface area contributed by atoms with Crippen molar-refractivity contribution in [3.05, 3.63) is 71.3 Å². The minimum atomic E-state index is -2.19. The molecule has 2 aliphatic heterocycles. The highest BCUT2D eigenvalue weighted by atomic mass is 16.7. The lowest BCUT2D eigenvalue weighted by atomic mass is 9.97. The van der Waals surface area contributed by atoms with Crippen LogP contribution in [0.3, 0.4) is 0 Å². The van der Waals surface area contributed by atoms with Crippen LogP contribution in [-0.4, -0.2) is 69.7 Å². The molecule has 0 amide bonds. The number of rotatable bonds is 8. The normalized spacial score (nSPS) is 28.3. The number of aliphatic hydroxyl groups excluding tert-OH is 1. The van der Waals surface area contributed by atoms with Gasteiger partial charge in [0.1, 0.15) is 17.6 Å². The molecule has 4 rings (SSSR count). The van der Waals surface area contributed by atoms with Crippen LogP contribution in [0.1, 0.15) is 12.8 Å². The average Bonchev–Trinajstić information content (AvgIpc) is 2.81. The summed E-state index contributed by atoms with van der Waals surface area (Å²) in [5, 5.41) is 29.7. The Labute approximate surface area is 192 Å². The van der Waals surface area contributed by atoms with E-state index in [0.29, 0.717) is 0 Å². The maximum Gasteiger partial charge on any atom is 0.377 e. The van der Waals surface area contributed by atoms with Crippen molar-refractivity contribution in [2.24, 2.45) is 0 Å². The molecular formula is C23H20O11. The number of carboxylic acids is 2. The monoisotopic (exact) mass is 472 g/mol. The molecule has 3 N–H and O–H groups in total. The Morgan fingerprint density at radius 2 is 1.26 bits per heavy atom. The molecule has 2 unspecified atom stereocenters. The van der Waals surface area contributed by atoms with E-state index in [0.717, 1.165) is 0 Å². The molecule has 0 aromatic heterocycles. The summed E-state index contributed by atoms with van der Waals surface area (Å²) in [6, 6.07) is 0. The second-order valence-electron chi connectivity index (χ2n) is 7.75. The number of carbonyl (C=O) groups excluding carboxylic acids is 2. The van der Waals surface area contributed by atoms with Crippen LogP contribution in [0.4, 0.5) is 0 Å². The highest BCUT2D eigenvalue weighted by molar-refractivity contribution is 6.09. The largest absolute Gasteiger partial charge is 0.476 e. The first-order chi connectivity index (χ1) is 16.2. The van der Waals surface area contributed by atoms with Crippen LogP contribution < -0.4 is 0 Å². The third kappa shape index (κ3) is 4.23. The molecule has 0 aromatic carbocycles. The molecule has 0 bridgehead atoms. The Morgan fingerprint density at radius 1 is 0.853 bits per heavy atom. The highest BCUT2D eigenvalue weighted by Crippen LogP contribution is 2.36.